The Bertz CT molecular complexity index is 838. The molecule has 3 aromatic rings. The van der Waals surface area contributed by atoms with E-state index >= 15 is 0 Å². The van der Waals surface area contributed by atoms with Crippen LogP contribution in [0.2, 0.25) is 0 Å². The van der Waals surface area contributed by atoms with Crippen LogP contribution in [0.4, 0.5) is 0 Å². The molecule has 1 amide bonds. The zero-order chi connectivity index (χ0) is 16.9. The van der Waals surface area contributed by atoms with Crippen LogP contribution in [0.15, 0.2) is 48.5 Å². The van der Waals surface area contributed by atoms with Crippen molar-refractivity contribution < 1.29 is 14.3 Å². The van der Waals surface area contributed by atoms with Gasteiger partial charge in [0.25, 0.3) is 5.91 Å². The second-order valence-corrected chi connectivity index (χ2v) is 6.40. The lowest BCUT2D eigenvalue weighted by Gasteiger charge is -2.05. The average Bonchev–Trinajstić information content (AvgIpc) is 3.01. The van der Waals surface area contributed by atoms with E-state index in [2.05, 4.69) is 10.3 Å². The highest BCUT2D eigenvalue weighted by atomic mass is 32.1. The smallest absolute Gasteiger partial charge is 0.325 e. The maximum atomic E-state index is 11.9. The largest absolute Gasteiger partial charge is 0.457 e. The Morgan fingerprint density at radius 1 is 1.12 bits per heavy atom. The lowest BCUT2D eigenvalue weighted by Crippen LogP contribution is -2.30. The second-order valence-electron chi connectivity index (χ2n) is 5.28. The summed E-state index contributed by atoms with van der Waals surface area (Å²) in [7, 11) is 0. The minimum atomic E-state index is -0.491. The zero-order valence-electron chi connectivity index (χ0n) is 13.1. The molecule has 6 heteroatoms. The van der Waals surface area contributed by atoms with Gasteiger partial charge in [-0.3, -0.25) is 9.59 Å². The number of hydrogen-bond acceptors (Lipinski definition) is 5. The minimum absolute atomic E-state index is 0.110. The minimum Gasteiger partial charge on any atom is -0.457 e. The van der Waals surface area contributed by atoms with Crippen LogP contribution in [0.3, 0.4) is 0 Å². The molecule has 0 fully saturated rings. The summed E-state index contributed by atoms with van der Waals surface area (Å²) in [5.74, 6) is -0.790. The summed E-state index contributed by atoms with van der Waals surface area (Å²) in [5, 5.41) is 3.28. The quantitative estimate of drug-likeness (QED) is 0.725. The van der Waals surface area contributed by atoms with Gasteiger partial charge in [0.15, 0.2) is 0 Å². The van der Waals surface area contributed by atoms with E-state index in [1.807, 2.05) is 43.3 Å². The predicted octanol–water partition coefficient (Wildman–Crippen LogP) is 3.08. The van der Waals surface area contributed by atoms with Crippen molar-refractivity contribution in [1.82, 2.24) is 10.3 Å². The van der Waals surface area contributed by atoms with Gasteiger partial charge in [-0.2, -0.15) is 0 Å². The Labute approximate surface area is 143 Å². The number of rotatable bonds is 5. The lowest BCUT2D eigenvalue weighted by atomic mass is 10.1. The lowest BCUT2D eigenvalue weighted by molar-refractivity contribution is -0.143. The fourth-order valence-corrected chi connectivity index (χ4v) is 3.01. The summed E-state index contributed by atoms with van der Waals surface area (Å²) in [4.78, 5) is 28.1. The van der Waals surface area contributed by atoms with Crippen LogP contribution in [0, 0.1) is 6.92 Å². The number of benzene rings is 2. The van der Waals surface area contributed by atoms with E-state index in [1.54, 1.807) is 12.1 Å². The number of para-hydroxylation sites is 1. The Kier molecular flexibility index (Phi) is 4.86. The molecule has 0 aliphatic carbocycles. The van der Waals surface area contributed by atoms with Gasteiger partial charge in [0, 0.05) is 5.56 Å². The van der Waals surface area contributed by atoms with Gasteiger partial charge in [-0.25, -0.2) is 4.98 Å². The third-order valence-electron chi connectivity index (χ3n) is 3.40. The first-order chi connectivity index (χ1) is 11.6. The van der Waals surface area contributed by atoms with Gasteiger partial charge in [0.1, 0.15) is 18.2 Å². The molecule has 0 unspecified atom stereocenters. The molecule has 0 radical (unpaired) electrons. The number of nitrogens with one attached hydrogen (secondary N) is 1. The number of ether oxygens (including phenoxy) is 1. The van der Waals surface area contributed by atoms with E-state index < -0.39 is 5.97 Å². The van der Waals surface area contributed by atoms with Crippen molar-refractivity contribution in [3.05, 3.63) is 64.7 Å². The van der Waals surface area contributed by atoms with Crippen molar-refractivity contribution in [3.63, 3.8) is 0 Å². The monoisotopic (exact) mass is 340 g/mol. The summed E-state index contributed by atoms with van der Waals surface area (Å²) in [6.07, 6.45) is 0. The van der Waals surface area contributed by atoms with Gasteiger partial charge < -0.3 is 10.1 Å². The number of hydrogen-bond donors (Lipinski definition) is 1. The number of aryl methyl sites for hydroxylation is 1. The molecule has 1 N–H and O–H groups in total. The number of fused-ring (bicyclic) bond motifs is 1. The maximum absolute atomic E-state index is 11.9. The molecule has 0 spiro atoms. The molecule has 0 atom stereocenters. The van der Waals surface area contributed by atoms with Crippen molar-refractivity contribution in [3.8, 4) is 0 Å². The summed E-state index contributed by atoms with van der Waals surface area (Å²) in [5.41, 5.74) is 2.47. The molecule has 24 heavy (non-hydrogen) atoms. The number of nitrogens with zero attached hydrogens (tertiary/aromatic N) is 1. The van der Waals surface area contributed by atoms with Crippen LogP contribution in [0.25, 0.3) is 10.2 Å². The van der Waals surface area contributed by atoms with Gasteiger partial charge in [0.2, 0.25) is 0 Å². The van der Waals surface area contributed by atoms with Gasteiger partial charge in [-0.1, -0.05) is 29.8 Å². The molecule has 0 bridgehead atoms. The van der Waals surface area contributed by atoms with Crippen LogP contribution in [0.5, 0.6) is 0 Å². The van der Waals surface area contributed by atoms with Crippen molar-refractivity contribution in [1.29, 1.82) is 0 Å². The highest BCUT2D eigenvalue weighted by Gasteiger charge is 2.10. The molecule has 3 rings (SSSR count). The Balaban J connectivity index is 1.48. The molecular weight excluding hydrogens is 324 g/mol. The first-order valence-electron chi connectivity index (χ1n) is 7.47. The Hall–Kier alpha value is -2.73. The summed E-state index contributed by atoms with van der Waals surface area (Å²) < 4.78 is 6.21. The van der Waals surface area contributed by atoms with Gasteiger partial charge in [-0.15, -0.1) is 11.3 Å². The maximum Gasteiger partial charge on any atom is 0.325 e. The van der Waals surface area contributed by atoms with E-state index in [9.17, 15) is 9.59 Å². The average molecular weight is 340 g/mol. The van der Waals surface area contributed by atoms with Gasteiger partial charge in [-0.05, 0) is 31.2 Å². The van der Waals surface area contributed by atoms with E-state index in [1.165, 1.54) is 11.3 Å². The molecule has 0 aliphatic heterocycles. The number of esters is 1. The summed E-state index contributed by atoms with van der Waals surface area (Å²) in [6, 6.07) is 14.9. The van der Waals surface area contributed by atoms with Crippen molar-refractivity contribution in [2.75, 3.05) is 6.54 Å². The van der Waals surface area contributed by atoms with Gasteiger partial charge in [0.05, 0.1) is 10.2 Å². The Morgan fingerprint density at radius 2 is 1.88 bits per heavy atom. The molecule has 1 aromatic heterocycles. The highest BCUT2D eigenvalue weighted by molar-refractivity contribution is 7.18. The van der Waals surface area contributed by atoms with Crippen molar-refractivity contribution >= 4 is 33.4 Å². The van der Waals surface area contributed by atoms with Gasteiger partial charge >= 0.3 is 5.97 Å². The fourth-order valence-electron chi connectivity index (χ4n) is 2.13. The molecule has 0 saturated heterocycles. The number of carbonyl (C=O) groups excluding carboxylic acids is 2. The number of carbonyl (C=O) groups is 2. The molecule has 1 heterocycles. The third kappa shape index (κ3) is 3.97. The zero-order valence-corrected chi connectivity index (χ0v) is 13.9. The SMILES string of the molecule is Cc1ccc(C(=O)NCC(=O)OCc2nc3ccccc3s2)cc1. The Morgan fingerprint density at radius 3 is 2.62 bits per heavy atom. The van der Waals surface area contributed by atoms with E-state index in [4.69, 9.17) is 4.74 Å². The second kappa shape index (κ2) is 7.23. The fraction of sp³-hybridized carbons (Fsp3) is 0.167. The molecule has 0 saturated carbocycles. The van der Waals surface area contributed by atoms with Crippen LogP contribution in [-0.4, -0.2) is 23.4 Å². The predicted molar refractivity (Wildman–Crippen MR) is 92.9 cm³/mol. The van der Waals surface area contributed by atoms with E-state index in [-0.39, 0.29) is 19.1 Å². The first-order valence-corrected chi connectivity index (χ1v) is 8.28. The molecular formula is C18H16N2O3S. The first kappa shape index (κ1) is 16.1. The van der Waals surface area contributed by atoms with E-state index in [0.717, 1.165) is 20.8 Å². The summed E-state index contributed by atoms with van der Waals surface area (Å²) in [6.45, 7) is 1.89. The topological polar surface area (TPSA) is 68.3 Å². The number of thiazole rings is 1. The molecule has 2 aromatic carbocycles. The highest BCUT2D eigenvalue weighted by Crippen LogP contribution is 2.21. The van der Waals surface area contributed by atoms with Crippen LogP contribution in [0.1, 0.15) is 20.9 Å². The third-order valence-corrected chi connectivity index (χ3v) is 4.41. The van der Waals surface area contributed by atoms with Crippen molar-refractivity contribution in [2.24, 2.45) is 0 Å². The standard InChI is InChI=1S/C18H16N2O3S/c1-12-6-8-13(9-7-12)18(22)19-10-17(21)23-11-16-20-14-4-2-3-5-15(14)24-16/h2-9H,10-11H2,1H3,(H,19,22). The molecule has 0 aliphatic rings. The summed E-state index contributed by atoms with van der Waals surface area (Å²) >= 11 is 1.49. The molecule has 5 nitrogen and oxygen atoms in total. The number of amides is 1. The van der Waals surface area contributed by atoms with Crippen LogP contribution >= 0.6 is 11.3 Å². The normalized spacial score (nSPS) is 10.5. The number of aromatic nitrogens is 1. The van der Waals surface area contributed by atoms with E-state index in [0.29, 0.717) is 5.56 Å². The molecule has 122 valence electrons. The van der Waals surface area contributed by atoms with Crippen molar-refractivity contribution in [2.45, 2.75) is 13.5 Å². The van der Waals surface area contributed by atoms with Crippen LogP contribution < -0.4 is 5.32 Å². The van der Waals surface area contributed by atoms with Crippen LogP contribution in [-0.2, 0) is 16.1 Å².